The Morgan fingerprint density at radius 2 is 0.627 bits per heavy atom. The van der Waals surface area contributed by atoms with Gasteiger partial charge in [-0.1, -0.05) is 284 Å². The van der Waals surface area contributed by atoms with Gasteiger partial charge in [-0.05, 0) is 227 Å². The van der Waals surface area contributed by atoms with Crippen molar-refractivity contribution in [3.63, 3.8) is 0 Å². The number of nitrogens with zero attached hydrogens (tertiary/aromatic N) is 5. The van der Waals surface area contributed by atoms with Gasteiger partial charge in [0, 0.05) is 84.1 Å². The predicted octanol–water partition coefficient (Wildman–Crippen LogP) is 26.4. The van der Waals surface area contributed by atoms with Gasteiger partial charge in [0.25, 0.3) is 6.71 Å². The second-order valence-corrected chi connectivity index (χ2v) is 31.2. The van der Waals surface area contributed by atoms with E-state index in [2.05, 4.69) is 370 Å². The average molecular weight is 1420 g/mol. The molecular formula is C104H80BN5. The third kappa shape index (κ3) is 11.3. The van der Waals surface area contributed by atoms with E-state index in [9.17, 15) is 8.22 Å². The highest BCUT2D eigenvalue weighted by molar-refractivity contribution is 7.00. The molecule has 0 spiro atoms. The maximum absolute atomic E-state index is 9.87. The van der Waals surface area contributed by atoms with Gasteiger partial charge in [-0.15, -0.1) is 0 Å². The molecule has 2 aromatic heterocycles. The monoisotopic (exact) mass is 1420 g/mol. The number of hydrogen-bond acceptors (Lipinski definition) is 3. The van der Waals surface area contributed by atoms with Crippen molar-refractivity contribution in [1.82, 2.24) is 9.13 Å². The predicted molar refractivity (Wildman–Crippen MR) is 468 cm³/mol. The van der Waals surface area contributed by atoms with E-state index in [-0.39, 0.29) is 44.7 Å². The first kappa shape index (κ1) is 57.8. The second-order valence-electron chi connectivity index (χ2n) is 31.2. The second kappa shape index (κ2) is 26.2. The number of para-hydroxylation sites is 5. The lowest BCUT2D eigenvalue weighted by molar-refractivity contribution is 0.569. The average Bonchev–Trinajstić information content (AvgIpc) is 0.780. The molecule has 0 saturated heterocycles. The van der Waals surface area contributed by atoms with E-state index in [1.807, 2.05) is 18.2 Å². The lowest BCUT2D eigenvalue weighted by Gasteiger charge is -2.45. The molecule has 5 nitrogen and oxygen atoms in total. The van der Waals surface area contributed by atoms with Gasteiger partial charge in [0.15, 0.2) is 0 Å². The minimum Gasteiger partial charge on any atom is -0.311 e. The molecule has 0 saturated carbocycles. The van der Waals surface area contributed by atoms with Crippen LogP contribution in [0.1, 0.15) is 63.6 Å². The molecule has 20 rings (SSSR count). The number of anilines is 9. The van der Waals surface area contributed by atoms with Crippen molar-refractivity contribution in [2.75, 3.05) is 14.7 Å². The summed E-state index contributed by atoms with van der Waals surface area (Å²) in [6, 6.07) is 114. The van der Waals surface area contributed by atoms with Crippen LogP contribution in [0.3, 0.4) is 0 Å². The molecule has 0 aliphatic carbocycles. The number of fused-ring (bicyclic) bond motifs is 10. The van der Waals surface area contributed by atoms with Crippen LogP contribution < -0.4 is 31.1 Å². The molecule has 0 bridgehead atoms. The first-order valence-corrected chi connectivity index (χ1v) is 37.8. The highest BCUT2D eigenvalue weighted by atomic mass is 15.2. The molecule has 0 N–H and O–H groups in total. The molecule has 524 valence electrons. The Labute approximate surface area is 655 Å². The molecule has 110 heavy (non-hydrogen) atoms. The van der Waals surface area contributed by atoms with E-state index in [1.54, 1.807) is 4.57 Å². The number of rotatable bonds is 12. The summed E-state index contributed by atoms with van der Waals surface area (Å²) >= 11 is 0. The van der Waals surface area contributed by atoms with Crippen molar-refractivity contribution >= 4 is 118 Å². The number of benzene rings is 16. The van der Waals surface area contributed by atoms with E-state index in [4.69, 9.17) is 2.74 Å². The normalized spacial score (nSPS) is 13.6. The maximum Gasteiger partial charge on any atom is 0.252 e. The summed E-state index contributed by atoms with van der Waals surface area (Å²) in [6.07, 6.45) is 0. The lowest BCUT2D eigenvalue weighted by Crippen LogP contribution is -2.61. The Balaban J connectivity index is 0.931. The molecule has 2 aliphatic rings. The quantitative estimate of drug-likeness (QED) is 0.114. The first-order valence-electron chi connectivity index (χ1n) is 41.8. The van der Waals surface area contributed by atoms with E-state index in [0.717, 1.165) is 140 Å². The SMILES string of the molecule is [2H]c1c([2H])c([2H])c2c(c1[2H])c1c([2H])c([2H])c([2H])c([2H])c1n2-c1ccc2c(c1)N(c1cc(-c3ccccc3)cc(-c3ccccc3)c1)c1cc(-c3cc(C(C)(C)C)cc(C(C)(C)C)c3)cc3c1B2c1ccc(N(c2ccccc2)c2ccc(-n4c5ccccc5c5ccccc54)cc2)cc1N3c1cc(-c2ccccc2)cc(-c2ccccc2)c1. The van der Waals surface area contributed by atoms with Crippen molar-refractivity contribution < 1.29 is 11.0 Å². The van der Waals surface area contributed by atoms with Crippen LogP contribution in [0.2, 0.25) is 0 Å². The van der Waals surface area contributed by atoms with Crippen LogP contribution in [0.15, 0.2) is 376 Å². The van der Waals surface area contributed by atoms with Gasteiger partial charge in [-0.2, -0.15) is 0 Å². The smallest absolute Gasteiger partial charge is 0.252 e. The summed E-state index contributed by atoms with van der Waals surface area (Å²) in [7, 11) is 0. The number of aromatic nitrogens is 2. The van der Waals surface area contributed by atoms with Crippen LogP contribution in [0, 0.1) is 0 Å². The Bertz CT molecular complexity index is 6840. The molecule has 18 aromatic rings. The van der Waals surface area contributed by atoms with Crippen molar-refractivity contribution in [3.8, 4) is 67.0 Å². The molecule has 0 unspecified atom stereocenters. The molecule has 2 aliphatic heterocycles. The summed E-state index contributed by atoms with van der Waals surface area (Å²) in [6.45, 7) is 13.2. The fraction of sp³-hybridized carbons (Fsp3) is 0.0769. The summed E-state index contributed by atoms with van der Waals surface area (Å²) in [5.41, 5.74) is 26.8. The van der Waals surface area contributed by atoms with Crippen LogP contribution in [0.25, 0.3) is 111 Å². The highest BCUT2D eigenvalue weighted by Gasteiger charge is 2.45. The van der Waals surface area contributed by atoms with E-state index in [0.29, 0.717) is 5.69 Å². The van der Waals surface area contributed by atoms with E-state index < -0.39 is 43.0 Å². The fourth-order valence-electron chi connectivity index (χ4n) is 17.0. The molecule has 6 heteroatoms. The molecule has 4 heterocycles. The largest absolute Gasteiger partial charge is 0.311 e. The highest BCUT2D eigenvalue weighted by Crippen LogP contribution is 2.52. The van der Waals surface area contributed by atoms with Gasteiger partial charge in [0.05, 0.1) is 33.0 Å². The Kier molecular flexibility index (Phi) is 13.8. The number of hydrogen-bond donors (Lipinski definition) is 0. The summed E-state index contributed by atoms with van der Waals surface area (Å²) in [4.78, 5) is 7.27. The zero-order chi connectivity index (χ0) is 80.9. The van der Waals surface area contributed by atoms with Crippen molar-refractivity contribution in [2.24, 2.45) is 0 Å². The minimum atomic E-state index is -0.522. The van der Waals surface area contributed by atoms with Crippen molar-refractivity contribution in [3.05, 3.63) is 387 Å². The van der Waals surface area contributed by atoms with Crippen LogP contribution in [-0.2, 0) is 10.8 Å². The maximum atomic E-state index is 9.87. The summed E-state index contributed by atoms with van der Waals surface area (Å²) in [5, 5.41) is 2.39. The van der Waals surface area contributed by atoms with Gasteiger partial charge in [0.1, 0.15) is 0 Å². The van der Waals surface area contributed by atoms with Crippen molar-refractivity contribution in [1.29, 1.82) is 0 Å². The lowest BCUT2D eigenvalue weighted by atomic mass is 9.33. The third-order valence-corrected chi connectivity index (χ3v) is 22.3. The summed E-state index contributed by atoms with van der Waals surface area (Å²) in [5.74, 6) is 0. The van der Waals surface area contributed by atoms with Crippen LogP contribution in [-0.4, -0.2) is 15.8 Å². The molecule has 16 aromatic carbocycles. The first-order chi connectivity index (χ1) is 57.1. The van der Waals surface area contributed by atoms with Gasteiger partial charge in [0.2, 0.25) is 0 Å². The molecule has 0 amide bonds. The van der Waals surface area contributed by atoms with Gasteiger partial charge in [-0.3, -0.25) is 0 Å². The van der Waals surface area contributed by atoms with Crippen LogP contribution in [0.4, 0.5) is 51.2 Å². The van der Waals surface area contributed by atoms with Crippen LogP contribution >= 0.6 is 0 Å². The van der Waals surface area contributed by atoms with Crippen molar-refractivity contribution in [2.45, 2.75) is 52.4 Å². The Hall–Kier alpha value is -13.4. The Morgan fingerprint density at radius 1 is 0.264 bits per heavy atom. The molecule has 0 fully saturated rings. The van der Waals surface area contributed by atoms with E-state index in [1.165, 1.54) is 21.9 Å². The fourth-order valence-corrected chi connectivity index (χ4v) is 17.0. The standard InChI is InChI=1S/C104H80BN5/c1-103(2,3)79-58-77(59-80(66-79)104(4,5)6)78-64-100-102-101(65-78)110(87-62-75(71-34-16-9-17-35-71)57-76(63-87)72-36-18-10-19-37-72)99-68-85(108-96-46-28-24-42-90(96)91-43-25-29-47-97(91)108)53-55-93(99)105(102)92-54-52-84(67-98(92)109(100)86-60-73(69-30-12-7-13-31-69)56-74(61-86)70-32-14-8-15-33-70)106(81-38-20-11-21-39-81)82-48-50-83(51-49-82)107-94-44-26-22-40-88(94)89-41-23-27-45-95(89)107/h7-68H,1-6H3/i24D,25D,28D,29D,42D,43D,46D,47D. The Morgan fingerprint density at radius 3 is 1.09 bits per heavy atom. The van der Waals surface area contributed by atoms with Crippen LogP contribution in [0.5, 0.6) is 0 Å². The van der Waals surface area contributed by atoms with Gasteiger partial charge < -0.3 is 23.8 Å². The van der Waals surface area contributed by atoms with Gasteiger partial charge in [-0.25, -0.2) is 0 Å². The third-order valence-electron chi connectivity index (χ3n) is 22.3. The zero-order valence-electron chi connectivity index (χ0n) is 70.0. The minimum absolute atomic E-state index is 0.00451. The topological polar surface area (TPSA) is 19.6 Å². The van der Waals surface area contributed by atoms with E-state index >= 15 is 0 Å². The molecule has 0 atom stereocenters. The zero-order valence-corrected chi connectivity index (χ0v) is 62.0. The molecular weight excluding hydrogens is 1330 g/mol. The molecule has 0 radical (unpaired) electrons. The van der Waals surface area contributed by atoms with Gasteiger partial charge >= 0.3 is 0 Å². The summed E-state index contributed by atoms with van der Waals surface area (Å²) < 4.78 is 79.8.